The lowest BCUT2D eigenvalue weighted by Crippen LogP contribution is -2.19. The number of thiazole rings is 1. The molecule has 17 heavy (non-hydrogen) atoms. The van der Waals surface area contributed by atoms with E-state index in [9.17, 15) is 4.79 Å². The number of rotatable bonds is 4. The summed E-state index contributed by atoms with van der Waals surface area (Å²) in [5, 5.41) is 3.28. The smallest absolute Gasteiger partial charge is 0.130 e. The Labute approximate surface area is 108 Å². The number of aromatic nitrogens is 1. The maximum atomic E-state index is 11.2. The van der Waals surface area contributed by atoms with Crippen molar-refractivity contribution in [1.82, 2.24) is 4.98 Å². The molecular formula is C14H23NOS. The molecule has 0 spiro atoms. The Morgan fingerprint density at radius 3 is 2.29 bits per heavy atom. The van der Waals surface area contributed by atoms with E-state index in [0.717, 1.165) is 17.1 Å². The first-order valence-corrected chi connectivity index (χ1v) is 6.92. The molecule has 0 aliphatic carbocycles. The fourth-order valence-corrected chi connectivity index (χ4v) is 3.16. The lowest BCUT2D eigenvalue weighted by molar-refractivity contribution is -0.118. The van der Waals surface area contributed by atoms with Crippen LogP contribution in [0.3, 0.4) is 0 Å². The summed E-state index contributed by atoms with van der Waals surface area (Å²) in [4.78, 5) is 15.9. The molecule has 0 saturated heterocycles. The van der Waals surface area contributed by atoms with Crippen LogP contribution in [0.1, 0.15) is 58.7 Å². The van der Waals surface area contributed by atoms with Crippen LogP contribution in [-0.2, 0) is 16.6 Å². The van der Waals surface area contributed by atoms with Crippen molar-refractivity contribution in [2.45, 2.75) is 59.8 Å². The highest BCUT2D eigenvalue weighted by molar-refractivity contribution is 7.09. The van der Waals surface area contributed by atoms with Crippen LogP contribution in [0.15, 0.2) is 5.38 Å². The molecule has 0 radical (unpaired) electrons. The monoisotopic (exact) mass is 253 g/mol. The van der Waals surface area contributed by atoms with Gasteiger partial charge in [0.2, 0.25) is 0 Å². The quantitative estimate of drug-likeness (QED) is 0.812. The summed E-state index contributed by atoms with van der Waals surface area (Å²) in [6.07, 6.45) is 1.50. The average Bonchev–Trinajstić information content (AvgIpc) is 2.47. The summed E-state index contributed by atoms with van der Waals surface area (Å²) in [6, 6.07) is 0. The molecule has 0 unspecified atom stereocenters. The Kier molecular flexibility index (Phi) is 4.13. The van der Waals surface area contributed by atoms with Crippen molar-refractivity contribution in [3.63, 3.8) is 0 Å². The molecule has 0 fully saturated rings. The molecule has 0 atom stereocenters. The third kappa shape index (κ3) is 4.58. The van der Waals surface area contributed by atoms with Crippen LogP contribution < -0.4 is 0 Å². The van der Waals surface area contributed by atoms with Crippen LogP contribution in [0.4, 0.5) is 0 Å². The van der Waals surface area contributed by atoms with Crippen molar-refractivity contribution >= 4 is 17.1 Å². The van der Waals surface area contributed by atoms with E-state index in [1.165, 1.54) is 0 Å². The van der Waals surface area contributed by atoms with Gasteiger partial charge < -0.3 is 4.79 Å². The van der Waals surface area contributed by atoms with E-state index in [0.29, 0.717) is 6.42 Å². The number of hydrogen-bond donors (Lipinski definition) is 0. The van der Waals surface area contributed by atoms with Crippen molar-refractivity contribution in [3.8, 4) is 0 Å². The van der Waals surface area contributed by atoms with Crippen LogP contribution in [0.5, 0.6) is 0 Å². The summed E-state index contributed by atoms with van der Waals surface area (Å²) < 4.78 is 0. The Morgan fingerprint density at radius 2 is 1.88 bits per heavy atom. The van der Waals surface area contributed by atoms with Crippen molar-refractivity contribution < 1.29 is 4.79 Å². The molecule has 96 valence electrons. The number of hydrogen-bond acceptors (Lipinski definition) is 3. The fourth-order valence-electron chi connectivity index (χ4n) is 1.88. The zero-order valence-electron chi connectivity index (χ0n) is 11.8. The molecule has 1 rings (SSSR count). The normalized spacial score (nSPS) is 12.8. The van der Waals surface area contributed by atoms with Gasteiger partial charge in [-0.05, 0) is 12.3 Å². The van der Waals surface area contributed by atoms with Gasteiger partial charge in [-0.25, -0.2) is 4.98 Å². The highest BCUT2D eigenvalue weighted by Gasteiger charge is 2.24. The molecule has 0 aliphatic rings. The lowest BCUT2D eigenvalue weighted by Gasteiger charge is -2.21. The van der Waals surface area contributed by atoms with Crippen molar-refractivity contribution in [2.24, 2.45) is 5.41 Å². The third-order valence-corrected chi connectivity index (χ3v) is 3.53. The number of carbonyl (C=O) groups is 1. The number of ketones is 1. The molecule has 2 nitrogen and oxygen atoms in total. The molecule has 0 saturated carbocycles. The summed E-state index contributed by atoms with van der Waals surface area (Å²) >= 11 is 1.71. The summed E-state index contributed by atoms with van der Waals surface area (Å²) in [5.74, 6) is 0.252. The van der Waals surface area contributed by atoms with E-state index >= 15 is 0 Å². The standard InChI is InChI=1S/C14H23NOS/c1-10(16)7-14(5,6)8-12-15-11(9-17-12)13(2,3)4/h9H,7-8H2,1-6H3. The highest BCUT2D eigenvalue weighted by atomic mass is 32.1. The van der Waals surface area contributed by atoms with Crippen LogP contribution in [0.25, 0.3) is 0 Å². The molecule has 1 aromatic heterocycles. The Balaban J connectivity index is 2.76. The number of Topliss-reactive ketones (excluding diaryl/α,β-unsaturated/α-hetero) is 1. The first kappa shape index (κ1) is 14.4. The second-order valence-corrected chi connectivity index (χ2v) is 7.54. The SMILES string of the molecule is CC(=O)CC(C)(C)Cc1nc(C(C)(C)C)cs1. The molecule has 0 aliphatic heterocycles. The first-order valence-electron chi connectivity index (χ1n) is 6.04. The Bertz CT molecular complexity index is 399. The maximum Gasteiger partial charge on any atom is 0.130 e. The minimum Gasteiger partial charge on any atom is -0.300 e. The fraction of sp³-hybridized carbons (Fsp3) is 0.714. The second-order valence-electron chi connectivity index (χ2n) is 6.60. The van der Waals surface area contributed by atoms with Crippen molar-refractivity contribution in [2.75, 3.05) is 0 Å². The first-order chi connectivity index (χ1) is 7.60. The molecule has 0 bridgehead atoms. The van der Waals surface area contributed by atoms with Gasteiger partial charge in [-0.15, -0.1) is 11.3 Å². The van der Waals surface area contributed by atoms with E-state index < -0.39 is 0 Å². The number of carbonyl (C=O) groups excluding carboxylic acids is 1. The van der Waals surface area contributed by atoms with Crippen molar-refractivity contribution in [3.05, 3.63) is 16.1 Å². The van der Waals surface area contributed by atoms with Crippen LogP contribution in [0.2, 0.25) is 0 Å². The van der Waals surface area contributed by atoms with Gasteiger partial charge in [0.1, 0.15) is 5.78 Å². The third-order valence-electron chi connectivity index (χ3n) is 2.68. The predicted octanol–water partition coefficient (Wildman–Crippen LogP) is 3.99. The van der Waals surface area contributed by atoms with Crippen LogP contribution in [0, 0.1) is 5.41 Å². The van der Waals surface area contributed by atoms with Gasteiger partial charge in [-0.2, -0.15) is 0 Å². The predicted molar refractivity (Wildman–Crippen MR) is 73.6 cm³/mol. The van der Waals surface area contributed by atoms with Gasteiger partial charge in [0.15, 0.2) is 0 Å². The molecule has 1 heterocycles. The minimum absolute atomic E-state index is 0.0127. The van der Waals surface area contributed by atoms with Crippen LogP contribution in [-0.4, -0.2) is 10.8 Å². The van der Waals surface area contributed by atoms with Gasteiger partial charge >= 0.3 is 0 Å². The zero-order valence-corrected chi connectivity index (χ0v) is 12.6. The van der Waals surface area contributed by atoms with E-state index in [-0.39, 0.29) is 16.6 Å². The van der Waals surface area contributed by atoms with E-state index in [2.05, 4.69) is 45.0 Å². The molecular weight excluding hydrogens is 230 g/mol. The summed E-state index contributed by atoms with van der Waals surface area (Å²) in [5.41, 5.74) is 1.27. The van der Waals surface area contributed by atoms with Gasteiger partial charge in [0, 0.05) is 23.6 Å². The van der Waals surface area contributed by atoms with Gasteiger partial charge in [-0.3, -0.25) is 0 Å². The van der Waals surface area contributed by atoms with Gasteiger partial charge in [0.05, 0.1) is 10.7 Å². The lowest BCUT2D eigenvalue weighted by atomic mass is 9.84. The second kappa shape index (κ2) is 4.89. The largest absolute Gasteiger partial charge is 0.300 e. The van der Waals surface area contributed by atoms with E-state index in [1.54, 1.807) is 18.3 Å². The van der Waals surface area contributed by atoms with Crippen LogP contribution >= 0.6 is 11.3 Å². The highest BCUT2D eigenvalue weighted by Crippen LogP contribution is 2.30. The number of nitrogens with zero attached hydrogens (tertiary/aromatic N) is 1. The summed E-state index contributed by atoms with van der Waals surface area (Å²) in [7, 11) is 0. The summed E-state index contributed by atoms with van der Waals surface area (Å²) in [6.45, 7) is 12.4. The van der Waals surface area contributed by atoms with Crippen molar-refractivity contribution in [1.29, 1.82) is 0 Å². The zero-order chi connectivity index (χ0) is 13.3. The topological polar surface area (TPSA) is 30.0 Å². The minimum atomic E-state index is 0.0127. The molecule has 0 amide bonds. The molecule has 3 heteroatoms. The van der Waals surface area contributed by atoms with E-state index in [1.807, 2.05) is 0 Å². The Hall–Kier alpha value is -0.700. The maximum absolute atomic E-state index is 11.2. The Morgan fingerprint density at radius 1 is 1.29 bits per heavy atom. The molecule has 1 aromatic rings. The molecule has 0 N–H and O–H groups in total. The molecule has 0 aromatic carbocycles. The van der Waals surface area contributed by atoms with Gasteiger partial charge in [-0.1, -0.05) is 34.6 Å². The average molecular weight is 253 g/mol. The van der Waals surface area contributed by atoms with E-state index in [4.69, 9.17) is 0 Å². The van der Waals surface area contributed by atoms with Gasteiger partial charge in [0.25, 0.3) is 0 Å².